The number of aromatic nitrogens is 3. The molecule has 0 spiro atoms. The number of thiophene rings is 1. The Morgan fingerprint density at radius 1 is 1.50 bits per heavy atom. The predicted molar refractivity (Wildman–Crippen MR) is 97.0 cm³/mol. The van der Waals surface area contributed by atoms with E-state index in [1.165, 1.54) is 37.4 Å². The van der Waals surface area contributed by atoms with Crippen LogP contribution in [0.5, 0.6) is 0 Å². The van der Waals surface area contributed by atoms with E-state index in [1.54, 1.807) is 11.3 Å². The SMILES string of the molecule is CC(NC(=O)CSc1n[nH]c(-c2cccs2)n1)C1CC2CCC1C2. The molecule has 24 heavy (non-hydrogen) atoms. The average molecular weight is 363 g/mol. The smallest absolute Gasteiger partial charge is 0.230 e. The number of fused-ring (bicyclic) bond motifs is 2. The Hall–Kier alpha value is -1.34. The minimum atomic E-state index is 0.0812. The summed E-state index contributed by atoms with van der Waals surface area (Å²) in [5.41, 5.74) is 0. The molecule has 2 bridgehead atoms. The van der Waals surface area contributed by atoms with Crippen LogP contribution in [-0.4, -0.2) is 32.9 Å². The van der Waals surface area contributed by atoms with Gasteiger partial charge in [-0.1, -0.05) is 24.2 Å². The van der Waals surface area contributed by atoms with Crippen molar-refractivity contribution >= 4 is 29.0 Å². The van der Waals surface area contributed by atoms with Crippen LogP contribution in [0.15, 0.2) is 22.7 Å². The van der Waals surface area contributed by atoms with Gasteiger partial charge in [-0.25, -0.2) is 4.98 Å². The number of hydrogen-bond donors (Lipinski definition) is 2. The highest BCUT2D eigenvalue weighted by Crippen LogP contribution is 2.49. The lowest BCUT2D eigenvalue weighted by Gasteiger charge is -2.28. The van der Waals surface area contributed by atoms with Crippen molar-refractivity contribution in [2.75, 3.05) is 5.75 Å². The van der Waals surface area contributed by atoms with Crippen LogP contribution in [0.2, 0.25) is 0 Å². The lowest BCUT2D eigenvalue weighted by atomic mass is 9.84. The van der Waals surface area contributed by atoms with E-state index in [0.29, 0.717) is 16.8 Å². The van der Waals surface area contributed by atoms with Crippen LogP contribution in [0.4, 0.5) is 0 Å². The van der Waals surface area contributed by atoms with Crippen molar-refractivity contribution in [2.45, 2.75) is 43.8 Å². The normalized spacial score (nSPS) is 26.6. The van der Waals surface area contributed by atoms with Crippen molar-refractivity contribution < 1.29 is 4.79 Å². The monoisotopic (exact) mass is 362 g/mol. The van der Waals surface area contributed by atoms with Crippen LogP contribution in [0.3, 0.4) is 0 Å². The summed E-state index contributed by atoms with van der Waals surface area (Å²) < 4.78 is 0. The van der Waals surface area contributed by atoms with Gasteiger partial charge in [-0.3, -0.25) is 9.89 Å². The number of amides is 1. The fourth-order valence-electron chi connectivity index (χ4n) is 4.27. The van der Waals surface area contributed by atoms with Gasteiger partial charge in [0.2, 0.25) is 11.1 Å². The van der Waals surface area contributed by atoms with Gasteiger partial charge in [-0.05, 0) is 55.4 Å². The molecule has 0 saturated heterocycles. The van der Waals surface area contributed by atoms with Crippen molar-refractivity contribution in [3.05, 3.63) is 17.5 Å². The number of nitrogens with zero attached hydrogens (tertiary/aromatic N) is 2. The fourth-order valence-corrected chi connectivity index (χ4v) is 5.55. The third-order valence-electron chi connectivity index (χ3n) is 5.38. The lowest BCUT2D eigenvalue weighted by molar-refractivity contribution is -0.119. The van der Waals surface area contributed by atoms with Crippen LogP contribution in [-0.2, 0) is 4.79 Å². The Morgan fingerprint density at radius 3 is 3.12 bits per heavy atom. The molecular weight excluding hydrogens is 340 g/mol. The van der Waals surface area contributed by atoms with Crippen molar-refractivity contribution in [2.24, 2.45) is 17.8 Å². The maximum atomic E-state index is 12.2. The van der Waals surface area contributed by atoms with Crippen molar-refractivity contribution in [1.29, 1.82) is 0 Å². The molecule has 7 heteroatoms. The summed E-state index contributed by atoms with van der Waals surface area (Å²) in [6.07, 6.45) is 5.43. The predicted octanol–water partition coefficient (Wildman–Crippen LogP) is 3.57. The highest BCUT2D eigenvalue weighted by Gasteiger charge is 2.42. The van der Waals surface area contributed by atoms with Gasteiger partial charge in [-0.15, -0.1) is 16.4 Å². The van der Waals surface area contributed by atoms with Gasteiger partial charge in [0, 0.05) is 6.04 Å². The van der Waals surface area contributed by atoms with E-state index < -0.39 is 0 Å². The summed E-state index contributed by atoms with van der Waals surface area (Å²) >= 11 is 3.01. The Bertz CT molecular complexity index is 699. The molecule has 0 aromatic carbocycles. The van der Waals surface area contributed by atoms with Crippen molar-refractivity contribution in [3.63, 3.8) is 0 Å². The highest BCUT2D eigenvalue weighted by atomic mass is 32.2. The number of carbonyl (C=O) groups excluding carboxylic acids is 1. The second-order valence-electron chi connectivity index (χ2n) is 6.93. The maximum absolute atomic E-state index is 12.2. The molecule has 128 valence electrons. The molecule has 2 saturated carbocycles. The zero-order valence-corrected chi connectivity index (χ0v) is 15.3. The van der Waals surface area contributed by atoms with Gasteiger partial charge in [0.05, 0.1) is 10.6 Å². The number of carbonyl (C=O) groups is 1. The average Bonchev–Trinajstić information content (AvgIpc) is 3.37. The largest absolute Gasteiger partial charge is 0.353 e. The van der Waals surface area contributed by atoms with E-state index in [4.69, 9.17) is 0 Å². The number of hydrogen-bond acceptors (Lipinski definition) is 5. The first-order valence-corrected chi connectivity index (χ1v) is 10.4. The number of rotatable bonds is 6. The standard InChI is InChI=1S/C17H22N4OS2/c1-10(13-8-11-4-5-12(13)7-11)18-15(22)9-24-17-19-16(20-21-17)14-3-2-6-23-14/h2-3,6,10-13H,4-5,7-9H2,1H3,(H,18,22)(H,19,20,21). The van der Waals surface area contributed by atoms with E-state index in [1.807, 2.05) is 17.5 Å². The van der Waals surface area contributed by atoms with Gasteiger partial charge < -0.3 is 5.32 Å². The summed E-state index contributed by atoms with van der Waals surface area (Å²) in [7, 11) is 0. The van der Waals surface area contributed by atoms with Crippen LogP contribution >= 0.6 is 23.1 Å². The second kappa shape index (κ2) is 6.88. The molecule has 2 aliphatic carbocycles. The van der Waals surface area contributed by atoms with Crippen molar-refractivity contribution in [3.8, 4) is 10.7 Å². The third kappa shape index (κ3) is 3.37. The first kappa shape index (κ1) is 16.1. The molecule has 4 atom stereocenters. The minimum Gasteiger partial charge on any atom is -0.353 e. The molecule has 0 radical (unpaired) electrons. The lowest BCUT2D eigenvalue weighted by Crippen LogP contribution is -2.40. The summed E-state index contributed by atoms with van der Waals surface area (Å²) in [5.74, 6) is 3.64. The quantitative estimate of drug-likeness (QED) is 0.771. The van der Waals surface area contributed by atoms with Gasteiger partial charge in [-0.2, -0.15) is 0 Å². The Balaban J connectivity index is 1.26. The van der Waals surface area contributed by atoms with Gasteiger partial charge in [0.25, 0.3) is 0 Å². The van der Waals surface area contributed by atoms with Crippen LogP contribution < -0.4 is 5.32 Å². The molecule has 1 amide bonds. The van der Waals surface area contributed by atoms with E-state index in [9.17, 15) is 4.79 Å². The van der Waals surface area contributed by atoms with E-state index >= 15 is 0 Å². The molecular formula is C17H22N4OS2. The maximum Gasteiger partial charge on any atom is 0.230 e. The van der Waals surface area contributed by atoms with E-state index in [2.05, 4.69) is 27.4 Å². The highest BCUT2D eigenvalue weighted by molar-refractivity contribution is 7.99. The Kier molecular flexibility index (Phi) is 4.63. The summed E-state index contributed by atoms with van der Waals surface area (Å²) in [5, 5.41) is 12.9. The molecule has 2 aliphatic rings. The summed E-state index contributed by atoms with van der Waals surface area (Å²) in [6, 6.07) is 4.27. The van der Waals surface area contributed by atoms with Crippen molar-refractivity contribution in [1.82, 2.24) is 20.5 Å². The molecule has 5 nitrogen and oxygen atoms in total. The Labute approximate surface area is 150 Å². The number of thioether (sulfide) groups is 1. The number of aromatic amines is 1. The fraction of sp³-hybridized carbons (Fsp3) is 0.588. The summed E-state index contributed by atoms with van der Waals surface area (Å²) in [6.45, 7) is 2.16. The zero-order chi connectivity index (χ0) is 16.5. The molecule has 2 N–H and O–H groups in total. The molecule has 0 aliphatic heterocycles. The van der Waals surface area contributed by atoms with E-state index in [0.717, 1.165) is 22.5 Å². The molecule has 2 aromatic rings. The van der Waals surface area contributed by atoms with E-state index in [-0.39, 0.29) is 11.9 Å². The number of nitrogens with one attached hydrogen (secondary N) is 2. The zero-order valence-electron chi connectivity index (χ0n) is 13.7. The topological polar surface area (TPSA) is 70.7 Å². The molecule has 4 unspecified atom stereocenters. The minimum absolute atomic E-state index is 0.0812. The summed E-state index contributed by atoms with van der Waals surface area (Å²) in [4.78, 5) is 17.7. The third-order valence-corrected chi connectivity index (χ3v) is 7.10. The molecule has 2 aromatic heterocycles. The van der Waals surface area contributed by atoms with Crippen LogP contribution in [0, 0.1) is 17.8 Å². The first-order valence-electron chi connectivity index (χ1n) is 8.57. The molecule has 2 fully saturated rings. The number of H-pyrrole nitrogens is 1. The van der Waals surface area contributed by atoms with Gasteiger partial charge in [0.1, 0.15) is 0 Å². The Morgan fingerprint density at radius 2 is 2.42 bits per heavy atom. The first-order chi connectivity index (χ1) is 11.7. The van der Waals surface area contributed by atoms with Crippen LogP contribution in [0.1, 0.15) is 32.6 Å². The van der Waals surface area contributed by atoms with Gasteiger partial charge >= 0.3 is 0 Å². The van der Waals surface area contributed by atoms with Crippen LogP contribution in [0.25, 0.3) is 10.7 Å². The second-order valence-corrected chi connectivity index (χ2v) is 8.82. The molecule has 4 rings (SSSR count). The van der Waals surface area contributed by atoms with Gasteiger partial charge in [0.15, 0.2) is 5.82 Å². The molecule has 2 heterocycles.